The molecule has 1 aromatic rings. The lowest BCUT2D eigenvalue weighted by atomic mass is 9.93. The first kappa shape index (κ1) is 16.4. The molecule has 3 heterocycles. The average molecular weight is 317 g/mol. The number of amides is 1. The summed E-state index contributed by atoms with van der Waals surface area (Å²) in [7, 11) is 0. The molecule has 126 valence electrons. The number of aromatic nitrogens is 1. The molecule has 2 aliphatic rings. The zero-order valence-corrected chi connectivity index (χ0v) is 14.0. The van der Waals surface area contributed by atoms with Gasteiger partial charge in [0.1, 0.15) is 0 Å². The molecule has 1 atom stereocenters. The Hall–Kier alpha value is -1.46. The van der Waals surface area contributed by atoms with Gasteiger partial charge < -0.3 is 9.64 Å². The number of hydrogen-bond acceptors (Lipinski definition) is 4. The van der Waals surface area contributed by atoms with Gasteiger partial charge in [0.2, 0.25) is 5.91 Å². The predicted molar refractivity (Wildman–Crippen MR) is 89.2 cm³/mol. The van der Waals surface area contributed by atoms with Crippen molar-refractivity contribution in [2.45, 2.75) is 26.2 Å². The van der Waals surface area contributed by atoms with Crippen LogP contribution in [0.25, 0.3) is 0 Å². The molecule has 1 aromatic heterocycles. The van der Waals surface area contributed by atoms with Crippen LogP contribution < -0.4 is 0 Å². The minimum Gasteiger partial charge on any atom is -0.378 e. The van der Waals surface area contributed by atoms with Crippen LogP contribution in [0.2, 0.25) is 0 Å². The number of ether oxygens (including phenoxy) is 1. The molecular weight excluding hydrogens is 290 g/mol. The van der Waals surface area contributed by atoms with E-state index in [1.165, 1.54) is 18.5 Å². The number of morpholine rings is 1. The van der Waals surface area contributed by atoms with Crippen molar-refractivity contribution >= 4 is 5.91 Å². The molecular formula is C18H27N3O2. The number of hydrogen-bond donors (Lipinski definition) is 0. The van der Waals surface area contributed by atoms with Gasteiger partial charge in [-0.3, -0.25) is 14.7 Å². The van der Waals surface area contributed by atoms with Crippen molar-refractivity contribution in [1.29, 1.82) is 0 Å². The van der Waals surface area contributed by atoms with Crippen LogP contribution in [-0.2, 0) is 16.0 Å². The molecule has 0 N–H and O–H groups in total. The largest absolute Gasteiger partial charge is 0.378 e. The van der Waals surface area contributed by atoms with Gasteiger partial charge in [-0.05, 0) is 50.8 Å². The Labute approximate surface area is 138 Å². The van der Waals surface area contributed by atoms with E-state index in [0.29, 0.717) is 25.7 Å². The number of piperidine rings is 1. The van der Waals surface area contributed by atoms with Crippen LogP contribution in [0.5, 0.6) is 0 Å². The first-order chi connectivity index (χ1) is 11.2. The topological polar surface area (TPSA) is 45.7 Å². The van der Waals surface area contributed by atoms with Gasteiger partial charge in [-0.2, -0.15) is 0 Å². The highest BCUT2D eigenvalue weighted by Gasteiger charge is 2.24. The zero-order chi connectivity index (χ0) is 16.1. The van der Waals surface area contributed by atoms with Crippen LogP contribution in [-0.4, -0.2) is 66.6 Å². The molecule has 3 rings (SSSR count). The smallest absolute Gasteiger partial charge is 0.236 e. The molecule has 2 saturated heterocycles. The Kier molecular flexibility index (Phi) is 5.62. The van der Waals surface area contributed by atoms with Crippen LogP contribution in [0.15, 0.2) is 18.2 Å². The summed E-state index contributed by atoms with van der Waals surface area (Å²) in [5.74, 6) is 0.859. The molecule has 2 fully saturated rings. The number of nitrogens with zero attached hydrogens (tertiary/aromatic N) is 3. The summed E-state index contributed by atoms with van der Waals surface area (Å²) in [4.78, 5) is 21.3. The van der Waals surface area contributed by atoms with Crippen LogP contribution in [0.3, 0.4) is 0 Å². The Bertz CT molecular complexity index is 529. The summed E-state index contributed by atoms with van der Waals surface area (Å²) in [6.07, 6.45) is 3.43. The second-order valence-corrected chi connectivity index (χ2v) is 6.71. The predicted octanol–water partition coefficient (Wildman–Crippen LogP) is 1.50. The molecule has 5 nitrogen and oxygen atoms in total. The third-order valence-corrected chi connectivity index (χ3v) is 4.77. The van der Waals surface area contributed by atoms with E-state index in [0.717, 1.165) is 38.3 Å². The van der Waals surface area contributed by atoms with E-state index < -0.39 is 0 Å². The SMILES string of the molecule is Cc1cccc(CC2CCCN(CC(=O)N3CCOCC3)C2)n1. The molecule has 23 heavy (non-hydrogen) atoms. The van der Waals surface area contributed by atoms with E-state index in [4.69, 9.17) is 4.74 Å². The Morgan fingerprint density at radius 3 is 2.91 bits per heavy atom. The van der Waals surface area contributed by atoms with Crippen molar-refractivity contribution in [3.63, 3.8) is 0 Å². The van der Waals surface area contributed by atoms with Crippen molar-refractivity contribution in [1.82, 2.24) is 14.8 Å². The number of pyridine rings is 1. The zero-order valence-electron chi connectivity index (χ0n) is 14.0. The molecule has 5 heteroatoms. The van der Waals surface area contributed by atoms with Crippen LogP contribution in [0, 0.1) is 12.8 Å². The molecule has 0 spiro atoms. The fourth-order valence-electron chi connectivity index (χ4n) is 3.57. The number of aryl methyl sites for hydroxylation is 1. The summed E-state index contributed by atoms with van der Waals surface area (Å²) >= 11 is 0. The molecule has 0 saturated carbocycles. The highest BCUT2D eigenvalue weighted by atomic mass is 16.5. The normalized spacial score (nSPS) is 23.0. The van der Waals surface area contributed by atoms with Gasteiger partial charge in [-0.1, -0.05) is 6.07 Å². The summed E-state index contributed by atoms with van der Waals surface area (Å²) in [5.41, 5.74) is 2.26. The van der Waals surface area contributed by atoms with Crippen molar-refractivity contribution in [2.24, 2.45) is 5.92 Å². The van der Waals surface area contributed by atoms with Gasteiger partial charge in [0, 0.05) is 31.0 Å². The lowest BCUT2D eigenvalue weighted by molar-refractivity contribution is -0.136. The summed E-state index contributed by atoms with van der Waals surface area (Å²) < 4.78 is 5.32. The lowest BCUT2D eigenvalue weighted by Crippen LogP contribution is -2.48. The molecule has 0 bridgehead atoms. The molecule has 0 radical (unpaired) electrons. The second-order valence-electron chi connectivity index (χ2n) is 6.71. The van der Waals surface area contributed by atoms with Crippen molar-refractivity contribution in [3.05, 3.63) is 29.6 Å². The third-order valence-electron chi connectivity index (χ3n) is 4.77. The van der Waals surface area contributed by atoms with Gasteiger partial charge in [-0.15, -0.1) is 0 Å². The Morgan fingerprint density at radius 2 is 2.13 bits per heavy atom. The molecule has 1 unspecified atom stereocenters. The number of likely N-dealkylation sites (tertiary alicyclic amines) is 1. The van der Waals surface area contributed by atoms with E-state index in [9.17, 15) is 4.79 Å². The highest BCUT2D eigenvalue weighted by molar-refractivity contribution is 5.78. The first-order valence-corrected chi connectivity index (χ1v) is 8.71. The van der Waals surface area contributed by atoms with Gasteiger partial charge in [0.05, 0.1) is 19.8 Å². The van der Waals surface area contributed by atoms with E-state index in [2.05, 4.69) is 22.0 Å². The summed E-state index contributed by atoms with van der Waals surface area (Å²) in [6.45, 7) is 7.46. The lowest BCUT2D eigenvalue weighted by Gasteiger charge is -2.34. The van der Waals surface area contributed by atoms with E-state index in [-0.39, 0.29) is 5.91 Å². The van der Waals surface area contributed by atoms with Crippen molar-refractivity contribution < 1.29 is 9.53 Å². The maximum atomic E-state index is 12.4. The quantitative estimate of drug-likeness (QED) is 0.844. The van der Waals surface area contributed by atoms with Crippen LogP contribution in [0.4, 0.5) is 0 Å². The average Bonchev–Trinajstić information content (AvgIpc) is 2.56. The number of carbonyl (C=O) groups excluding carboxylic acids is 1. The van der Waals surface area contributed by atoms with Gasteiger partial charge in [0.15, 0.2) is 0 Å². The Balaban J connectivity index is 1.50. The summed E-state index contributed by atoms with van der Waals surface area (Å²) in [5, 5.41) is 0. The maximum absolute atomic E-state index is 12.4. The molecule has 1 amide bonds. The molecule has 2 aliphatic heterocycles. The highest BCUT2D eigenvalue weighted by Crippen LogP contribution is 2.20. The molecule has 0 aromatic carbocycles. The minimum atomic E-state index is 0.252. The number of rotatable bonds is 4. The van der Waals surface area contributed by atoms with E-state index in [1.807, 2.05) is 17.9 Å². The molecule has 0 aliphatic carbocycles. The van der Waals surface area contributed by atoms with Crippen molar-refractivity contribution in [2.75, 3.05) is 45.9 Å². The summed E-state index contributed by atoms with van der Waals surface area (Å²) in [6, 6.07) is 6.24. The van der Waals surface area contributed by atoms with Crippen LogP contribution in [0.1, 0.15) is 24.2 Å². The van der Waals surface area contributed by atoms with Crippen molar-refractivity contribution in [3.8, 4) is 0 Å². The second kappa shape index (κ2) is 7.88. The van der Waals surface area contributed by atoms with E-state index in [1.54, 1.807) is 0 Å². The standard InChI is InChI=1S/C18H27N3O2/c1-15-4-2-6-17(19-15)12-16-5-3-7-20(13-16)14-18(22)21-8-10-23-11-9-21/h2,4,6,16H,3,5,7-14H2,1H3. The first-order valence-electron chi connectivity index (χ1n) is 8.71. The van der Waals surface area contributed by atoms with Gasteiger partial charge in [0.25, 0.3) is 0 Å². The monoisotopic (exact) mass is 317 g/mol. The van der Waals surface area contributed by atoms with Gasteiger partial charge >= 0.3 is 0 Å². The maximum Gasteiger partial charge on any atom is 0.236 e. The fraction of sp³-hybridized carbons (Fsp3) is 0.667. The fourth-order valence-corrected chi connectivity index (χ4v) is 3.57. The number of carbonyl (C=O) groups is 1. The van der Waals surface area contributed by atoms with Gasteiger partial charge in [-0.25, -0.2) is 0 Å². The minimum absolute atomic E-state index is 0.252. The van der Waals surface area contributed by atoms with Crippen LogP contribution >= 0.6 is 0 Å². The third kappa shape index (κ3) is 4.75. The Morgan fingerprint density at radius 1 is 1.30 bits per heavy atom. The van der Waals surface area contributed by atoms with E-state index >= 15 is 0 Å².